The van der Waals surface area contributed by atoms with Gasteiger partial charge in [0.25, 0.3) is 0 Å². The number of allylic oxidation sites excluding steroid dienone is 2. The molecule has 136 valence electrons. The molecule has 0 aromatic carbocycles. The second-order valence-corrected chi connectivity index (χ2v) is 7.06. The van der Waals surface area contributed by atoms with Gasteiger partial charge in [0.2, 0.25) is 0 Å². The Kier molecular flexibility index (Phi) is 21.5. The van der Waals surface area contributed by atoms with Crippen LogP contribution in [-0.2, 0) is 0 Å². The Morgan fingerprint density at radius 1 is 0.348 bits per heavy atom. The number of hydrogen-bond donors (Lipinski definition) is 0. The zero-order valence-electron chi connectivity index (χ0n) is 16.0. The average molecular weight is 321 g/mol. The van der Waals surface area contributed by atoms with Crippen LogP contribution >= 0.6 is 0 Å². The van der Waals surface area contributed by atoms with Crippen LogP contribution in [0.25, 0.3) is 0 Å². The van der Waals surface area contributed by atoms with Gasteiger partial charge >= 0.3 is 0 Å². The summed E-state index contributed by atoms with van der Waals surface area (Å²) in [5, 5.41) is 0. The maximum atomic E-state index is 3.90. The van der Waals surface area contributed by atoms with Crippen LogP contribution in [0.2, 0.25) is 0 Å². The highest BCUT2D eigenvalue weighted by Gasteiger charge is 1.93. The molecule has 23 heavy (non-hydrogen) atoms. The molecule has 0 bridgehead atoms. The molecule has 0 saturated carbocycles. The van der Waals surface area contributed by atoms with E-state index in [4.69, 9.17) is 0 Å². The Morgan fingerprint density at radius 2 is 0.609 bits per heavy atom. The summed E-state index contributed by atoms with van der Waals surface area (Å²) in [5.74, 6) is 0. The first-order chi connectivity index (χ1) is 11.4. The summed E-state index contributed by atoms with van der Waals surface area (Å²) in [6.07, 6.45) is 30.7. The van der Waals surface area contributed by atoms with Crippen LogP contribution in [0.15, 0.2) is 12.2 Å². The van der Waals surface area contributed by atoms with Crippen LogP contribution < -0.4 is 0 Å². The van der Waals surface area contributed by atoms with Gasteiger partial charge in [-0.05, 0) is 25.7 Å². The zero-order chi connectivity index (χ0) is 16.8. The molecule has 2 radical (unpaired) electrons. The van der Waals surface area contributed by atoms with E-state index in [1.807, 2.05) is 0 Å². The van der Waals surface area contributed by atoms with Gasteiger partial charge in [0.15, 0.2) is 0 Å². The summed E-state index contributed by atoms with van der Waals surface area (Å²) >= 11 is 0. The molecule has 0 heterocycles. The van der Waals surface area contributed by atoms with Gasteiger partial charge < -0.3 is 0 Å². The van der Waals surface area contributed by atoms with E-state index in [1.54, 1.807) is 0 Å². The zero-order valence-corrected chi connectivity index (χ0v) is 16.0. The molecule has 0 unspecified atom stereocenters. The molecule has 0 heteroatoms. The van der Waals surface area contributed by atoms with E-state index in [9.17, 15) is 0 Å². The van der Waals surface area contributed by atoms with Gasteiger partial charge in [-0.25, -0.2) is 0 Å². The molecule has 0 fully saturated rings. The van der Waals surface area contributed by atoms with Crippen LogP contribution in [0.3, 0.4) is 0 Å². The standard InChI is InChI=1S/C23H44/c1-3-5-7-9-11-13-15-17-19-21-23-22-20-18-16-14-12-10-8-6-4-2/h15,17H,1-14,16,18-23H2/b17-15+. The lowest BCUT2D eigenvalue weighted by Crippen LogP contribution is -1.82. The fraction of sp³-hybridized carbons (Fsp3) is 0.826. The van der Waals surface area contributed by atoms with Crippen LogP contribution in [-0.4, -0.2) is 0 Å². The lowest BCUT2D eigenvalue weighted by Gasteiger charge is -2.02. The van der Waals surface area contributed by atoms with Crippen molar-refractivity contribution >= 4 is 0 Å². The molecule has 0 N–H and O–H groups in total. The predicted molar refractivity (Wildman–Crippen MR) is 108 cm³/mol. The van der Waals surface area contributed by atoms with Gasteiger partial charge in [0.1, 0.15) is 0 Å². The number of rotatable bonds is 19. The van der Waals surface area contributed by atoms with Crippen molar-refractivity contribution in [2.45, 2.75) is 122 Å². The van der Waals surface area contributed by atoms with Crippen molar-refractivity contribution in [3.05, 3.63) is 26.0 Å². The largest absolute Gasteiger partial charge is 0.0885 e. The van der Waals surface area contributed by atoms with E-state index in [1.165, 1.54) is 109 Å². The van der Waals surface area contributed by atoms with E-state index in [0.29, 0.717) is 0 Å². The topological polar surface area (TPSA) is 0 Å². The maximum Gasteiger partial charge on any atom is -0.0351 e. The maximum absolute atomic E-state index is 3.90. The molecular formula is C23H44. The molecule has 0 atom stereocenters. The molecule has 0 aromatic heterocycles. The third-order valence-corrected chi connectivity index (χ3v) is 4.66. The summed E-state index contributed by atoms with van der Waals surface area (Å²) in [4.78, 5) is 0. The second kappa shape index (κ2) is 21.7. The minimum atomic E-state index is 1.10. The van der Waals surface area contributed by atoms with Gasteiger partial charge in [-0.3, -0.25) is 0 Å². The molecule has 0 aliphatic carbocycles. The summed E-state index contributed by atoms with van der Waals surface area (Å²) in [5.41, 5.74) is 0. The highest BCUT2D eigenvalue weighted by Crippen LogP contribution is 2.12. The van der Waals surface area contributed by atoms with Crippen molar-refractivity contribution in [2.75, 3.05) is 0 Å². The lowest BCUT2D eigenvalue weighted by molar-refractivity contribution is 0.547. The summed E-state index contributed by atoms with van der Waals surface area (Å²) < 4.78 is 0. The van der Waals surface area contributed by atoms with Crippen LogP contribution in [0.5, 0.6) is 0 Å². The molecule has 0 aliphatic heterocycles. The smallest absolute Gasteiger partial charge is 0.0351 e. The summed E-state index contributed by atoms with van der Waals surface area (Å²) in [6, 6.07) is 0. The SMILES string of the molecule is [CH2]CCCCCC/C=C/CCCCCCCCCCCCC[CH2]. The first-order valence-electron chi connectivity index (χ1n) is 10.6. The first-order valence-corrected chi connectivity index (χ1v) is 10.6. The molecule has 0 amide bonds. The van der Waals surface area contributed by atoms with Gasteiger partial charge in [-0.15, -0.1) is 0 Å². The molecule has 0 nitrogen and oxygen atoms in total. The van der Waals surface area contributed by atoms with Gasteiger partial charge in [0, 0.05) is 0 Å². The van der Waals surface area contributed by atoms with Crippen molar-refractivity contribution in [1.29, 1.82) is 0 Å². The molecule has 0 saturated heterocycles. The second-order valence-electron chi connectivity index (χ2n) is 7.06. The predicted octanol–water partition coefficient (Wildman–Crippen LogP) is 8.62. The minimum absolute atomic E-state index is 1.10. The molecule has 0 rings (SSSR count). The van der Waals surface area contributed by atoms with Crippen molar-refractivity contribution < 1.29 is 0 Å². The Morgan fingerprint density at radius 3 is 0.913 bits per heavy atom. The normalized spacial score (nSPS) is 11.6. The van der Waals surface area contributed by atoms with E-state index in [0.717, 1.165) is 12.8 Å². The fourth-order valence-electron chi connectivity index (χ4n) is 3.06. The lowest BCUT2D eigenvalue weighted by atomic mass is 10.0. The Hall–Kier alpha value is -0.260. The van der Waals surface area contributed by atoms with Crippen molar-refractivity contribution in [3.63, 3.8) is 0 Å². The van der Waals surface area contributed by atoms with Gasteiger partial charge in [-0.1, -0.05) is 122 Å². The van der Waals surface area contributed by atoms with Crippen LogP contribution in [0.1, 0.15) is 122 Å². The van der Waals surface area contributed by atoms with Crippen LogP contribution in [0.4, 0.5) is 0 Å². The molecule has 0 aliphatic rings. The van der Waals surface area contributed by atoms with Gasteiger partial charge in [-0.2, -0.15) is 0 Å². The molecule has 0 aromatic rings. The monoisotopic (exact) mass is 320 g/mol. The van der Waals surface area contributed by atoms with E-state index in [2.05, 4.69) is 26.0 Å². The Balaban J connectivity index is 3.02. The Labute approximate surface area is 148 Å². The minimum Gasteiger partial charge on any atom is -0.0885 e. The van der Waals surface area contributed by atoms with E-state index < -0.39 is 0 Å². The van der Waals surface area contributed by atoms with Crippen molar-refractivity contribution in [2.24, 2.45) is 0 Å². The number of unbranched alkanes of at least 4 members (excludes halogenated alkanes) is 17. The first kappa shape index (κ1) is 22.7. The van der Waals surface area contributed by atoms with E-state index in [-0.39, 0.29) is 0 Å². The number of hydrogen-bond acceptors (Lipinski definition) is 0. The third kappa shape index (κ3) is 21.7. The molecule has 0 spiro atoms. The third-order valence-electron chi connectivity index (χ3n) is 4.66. The highest BCUT2D eigenvalue weighted by molar-refractivity contribution is 4.81. The molecular weight excluding hydrogens is 276 g/mol. The summed E-state index contributed by atoms with van der Waals surface area (Å²) in [6.45, 7) is 7.78. The van der Waals surface area contributed by atoms with Crippen molar-refractivity contribution in [3.8, 4) is 0 Å². The summed E-state index contributed by atoms with van der Waals surface area (Å²) in [7, 11) is 0. The quantitative estimate of drug-likeness (QED) is 0.165. The fourth-order valence-corrected chi connectivity index (χ4v) is 3.06. The van der Waals surface area contributed by atoms with Crippen molar-refractivity contribution in [1.82, 2.24) is 0 Å². The van der Waals surface area contributed by atoms with Gasteiger partial charge in [0.05, 0.1) is 0 Å². The highest BCUT2D eigenvalue weighted by atomic mass is 14.0. The van der Waals surface area contributed by atoms with Crippen LogP contribution in [0, 0.1) is 13.8 Å². The van der Waals surface area contributed by atoms with E-state index >= 15 is 0 Å². The average Bonchev–Trinajstić information content (AvgIpc) is 2.57. The Bertz CT molecular complexity index is 216.